The second-order valence-corrected chi connectivity index (χ2v) is 10.5. The summed E-state index contributed by atoms with van der Waals surface area (Å²) in [6.45, 7) is 4.70. The molecular formula is C32H30N8O3. The van der Waals surface area contributed by atoms with E-state index in [1.807, 2.05) is 47.4 Å². The standard InChI is InChI=1S/C32H30N8O3/c1-20(35-31(42)27-28(33)37-39-17-7-16-34-30(27)39)29-36-25-11-6-8-23(13-12-22-14-18-38(19-15-22)21(2)41)26(25)32(43)40(29)24-9-4-3-5-10-24/h3-11,16-17,20,22H,14-15,18-19H2,1-2H3,(H2,33,37)(H,35,42)/t20-/m1/s1. The van der Waals surface area contributed by atoms with Gasteiger partial charge in [0.2, 0.25) is 5.91 Å². The first-order chi connectivity index (χ1) is 20.8. The number of nitrogen functional groups attached to an aromatic ring is 1. The van der Waals surface area contributed by atoms with E-state index in [0.717, 1.165) is 12.8 Å². The number of nitrogens with one attached hydrogen (secondary N) is 1. The van der Waals surface area contributed by atoms with Crippen LogP contribution in [0.15, 0.2) is 71.8 Å². The van der Waals surface area contributed by atoms with E-state index in [1.54, 1.807) is 38.4 Å². The number of anilines is 1. The quantitative estimate of drug-likeness (QED) is 0.314. The number of amides is 2. The molecular weight excluding hydrogens is 544 g/mol. The number of nitrogens with zero attached hydrogens (tertiary/aromatic N) is 6. The van der Waals surface area contributed by atoms with Crippen molar-refractivity contribution in [1.82, 2.24) is 34.4 Å². The number of carbonyl (C=O) groups is 2. The Morgan fingerprint density at radius 3 is 2.58 bits per heavy atom. The topological polar surface area (TPSA) is 141 Å². The van der Waals surface area contributed by atoms with E-state index in [0.29, 0.717) is 46.7 Å². The van der Waals surface area contributed by atoms with Gasteiger partial charge in [0.1, 0.15) is 11.4 Å². The fraction of sp³-hybridized carbons (Fsp3) is 0.250. The van der Waals surface area contributed by atoms with Crippen LogP contribution in [-0.2, 0) is 4.79 Å². The van der Waals surface area contributed by atoms with Crippen LogP contribution in [0.5, 0.6) is 0 Å². The van der Waals surface area contributed by atoms with Crippen LogP contribution in [0.4, 0.5) is 5.82 Å². The van der Waals surface area contributed by atoms with E-state index < -0.39 is 11.9 Å². The minimum atomic E-state index is -0.691. The van der Waals surface area contributed by atoms with Crippen molar-refractivity contribution in [3.8, 4) is 17.5 Å². The SMILES string of the molecule is CC(=O)N1CCC(C#Cc2cccc3nc([C@@H](C)NC(=O)c4c(N)nn5cccnc45)n(-c4ccccc4)c(=O)c23)CC1. The third-order valence-corrected chi connectivity index (χ3v) is 7.67. The molecule has 2 amide bonds. The van der Waals surface area contributed by atoms with Gasteiger partial charge < -0.3 is 16.0 Å². The summed E-state index contributed by atoms with van der Waals surface area (Å²) in [6.07, 6.45) is 4.80. The number of para-hydroxylation sites is 1. The van der Waals surface area contributed by atoms with E-state index in [4.69, 9.17) is 10.7 Å². The average Bonchev–Trinajstić information content (AvgIpc) is 3.36. The first-order valence-electron chi connectivity index (χ1n) is 14.1. The Labute approximate surface area is 247 Å². The Kier molecular flexibility index (Phi) is 7.34. The van der Waals surface area contributed by atoms with E-state index in [9.17, 15) is 14.4 Å². The van der Waals surface area contributed by atoms with Crippen molar-refractivity contribution < 1.29 is 9.59 Å². The highest BCUT2D eigenvalue weighted by atomic mass is 16.2. The molecule has 4 heterocycles. The Bertz CT molecular complexity index is 1980. The fourth-order valence-electron chi connectivity index (χ4n) is 5.44. The maximum Gasteiger partial charge on any atom is 0.267 e. The van der Waals surface area contributed by atoms with Crippen LogP contribution in [0.1, 0.15) is 54.5 Å². The molecule has 11 nitrogen and oxygen atoms in total. The molecule has 0 radical (unpaired) electrons. The predicted octanol–water partition coefficient (Wildman–Crippen LogP) is 3.11. The number of hydrogen-bond donors (Lipinski definition) is 2. The zero-order chi connectivity index (χ0) is 30.1. The summed E-state index contributed by atoms with van der Waals surface area (Å²) >= 11 is 0. The van der Waals surface area contributed by atoms with Gasteiger partial charge in [0, 0.05) is 43.9 Å². The summed E-state index contributed by atoms with van der Waals surface area (Å²) in [5.41, 5.74) is 7.92. The third kappa shape index (κ3) is 5.30. The number of carbonyl (C=O) groups excluding carboxylic acids is 2. The van der Waals surface area contributed by atoms with E-state index >= 15 is 0 Å². The van der Waals surface area contributed by atoms with Gasteiger partial charge in [-0.3, -0.25) is 19.0 Å². The number of fused-ring (bicyclic) bond motifs is 2. The van der Waals surface area contributed by atoms with Gasteiger partial charge >= 0.3 is 0 Å². The molecule has 2 aromatic carbocycles. The van der Waals surface area contributed by atoms with Crippen LogP contribution in [0, 0.1) is 17.8 Å². The summed E-state index contributed by atoms with van der Waals surface area (Å²) < 4.78 is 2.96. The van der Waals surface area contributed by atoms with Gasteiger partial charge in [-0.2, -0.15) is 0 Å². The molecule has 11 heteroatoms. The number of benzene rings is 2. The number of aromatic nitrogens is 5. The van der Waals surface area contributed by atoms with E-state index in [2.05, 4.69) is 27.2 Å². The molecule has 0 unspecified atom stereocenters. The molecule has 3 aromatic heterocycles. The normalized spacial score (nSPS) is 14.3. The van der Waals surface area contributed by atoms with Gasteiger partial charge in [0.15, 0.2) is 11.5 Å². The summed E-state index contributed by atoms with van der Waals surface area (Å²) in [4.78, 5) is 50.3. The molecule has 5 aromatic rings. The van der Waals surface area contributed by atoms with Gasteiger partial charge in [-0.25, -0.2) is 14.5 Å². The lowest BCUT2D eigenvalue weighted by Gasteiger charge is -2.28. The molecule has 0 spiro atoms. The second kappa shape index (κ2) is 11.4. The molecule has 1 aliphatic heterocycles. The van der Waals surface area contributed by atoms with Gasteiger partial charge in [-0.15, -0.1) is 5.10 Å². The van der Waals surface area contributed by atoms with Crippen molar-refractivity contribution >= 4 is 34.2 Å². The van der Waals surface area contributed by atoms with Crippen molar-refractivity contribution in [2.75, 3.05) is 18.8 Å². The first kappa shape index (κ1) is 27.7. The zero-order valence-corrected chi connectivity index (χ0v) is 23.8. The van der Waals surface area contributed by atoms with Crippen molar-refractivity contribution in [2.24, 2.45) is 5.92 Å². The first-order valence-corrected chi connectivity index (χ1v) is 14.1. The van der Waals surface area contributed by atoms with Gasteiger partial charge in [-0.05, 0) is 50.1 Å². The summed E-state index contributed by atoms with van der Waals surface area (Å²) in [5.74, 6) is 6.69. The van der Waals surface area contributed by atoms with Crippen LogP contribution < -0.4 is 16.6 Å². The van der Waals surface area contributed by atoms with E-state index in [1.165, 1.54) is 9.08 Å². The predicted molar refractivity (Wildman–Crippen MR) is 162 cm³/mol. The number of rotatable bonds is 4. The zero-order valence-electron chi connectivity index (χ0n) is 23.8. The highest BCUT2D eigenvalue weighted by molar-refractivity contribution is 6.04. The van der Waals surface area contributed by atoms with Gasteiger partial charge in [0.05, 0.1) is 22.6 Å². The number of hydrogen-bond acceptors (Lipinski definition) is 7. The molecule has 43 heavy (non-hydrogen) atoms. The van der Waals surface area contributed by atoms with Gasteiger partial charge in [0.25, 0.3) is 11.5 Å². The Morgan fingerprint density at radius 1 is 1.07 bits per heavy atom. The fourth-order valence-corrected chi connectivity index (χ4v) is 5.44. The van der Waals surface area contributed by atoms with Gasteiger partial charge in [-0.1, -0.05) is 36.1 Å². The van der Waals surface area contributed by atoms with Crippen LogP contribution in [-0.4, -0.2) is 54.0 Å². The molecule has 1 atom stereocenters. The minimum Gasteiger partial charge on any atom is -0.381 e. The summed E-state index contributed by atoms with van der Waals surface area (Å²) in [7, 11) is 0. The van der Waals surface area contributed by atoms with Crippen LogP contribution >= 0.6 is 0 Å². The molecule has 216 valence electrons. The third-order valence-electron chi connectivity index (χ3n) is 7.67. The monoisotopic (exact) mass is 574 g/mol. The Balaban J connectivity index is 1.40. The highest BCUT2D eigenvalue weighted by Gasteiger charge is 2.25. The molecule has 0 saturated carbocycles. The van der Waals surface area contributed by atoms with Crippen molar-refractivity contribution in [3.05, 3.63) is 94.3 Å². The van der Waals surface area contributed by atoms with Crippen molar-refractivity contribution in [1.29, 1.82) is 0 Å². The smallest absolute Gasteiger partial charge is 0.267 e. The highest BCUT2D eigenvalue weighted by Crippen LogP contribution is 2.23. The molecule has 0 aliphatic carbocycles. The molecule has 1 fully saturated rings. The Hall–Kier alpha value is -5.50. The molecule has 6 rings (SSSR count). The number of likely N-dealkylation sites (tertiary alicyclic amines) is 1. The molecule has 1 aliphatic rings. The number of nitrogens with two attached hydrogens (primary N) is 1. The Morgan fingerprint density at radius 2 is 1.84 bits per heavy atom. The lowest BCUT2D eigenvalue weighted by molar-refractivity contribution is -0.129. The summed E-state index contributed by atoms with van der Waals surface area (Å²) in [5, 5.41) is 7.52. The maximum atomic E-state index is 14.2. The second-order valence-electron chi connectivity index (χ2n) is 10.5. The van der Waals surface area contributed by atoms with Crippen LogP contribution in [0.25, 0.3) is 22.2 Å². The van der Waals surface area contributed by atoms with E-state index in [-0.39, 0.29) is 28.8 Å². The molecule has 1 saturated heterocycles. The van der Waals surface area contributed by atoms with Crippen LogP contribution in [0.3, 0.4) is 0 Å². The lowest BCUT2D eigenvalue weighted by Crippen LogP contribution is -2.36. The number of piperidine rings is 1. The lowest BCUT2D eigenvalue weighted by atomic mass is 9.96. The van der Waals surface area contributed by atoms with Crippen LogP contribution in [0.2, 0.25) is 0 Å². The minimum absolute atomic E-state index is 0.0468. The van der Waals surface area contributed by atoms with Crippen molar-refractivity contribution in [3.63, 3.8) is 0 Å². The largest absolute Gasteiger partial charge is 0.381 e. The van der Waals surface area contributed by atoms with Crippen molar-refractivity contribution in [2.45, 2.75) is 32.7 Å². The average molecular weight is 575 g/mol. The maximum absolute atomic E-state index is 14.2. The molecule has 3 N–H and O–H groups in total. The summed E-state index contributed by atoms with van der Waals surface area (Å²) in [6, 6.07) is 15.6. The molecule has 0 bridgehead atoms.